The van der Waals surface area contributed by atoms with Crippen LogP contribution in [0.1, 0.15) is 38.7 Å². The summed E-state index contributed by atoms with van der Waals surface area (Å²) in [6.07, 6.45) is -2.23. The Hall–Kier alpha value is -3.77. The largest absolute Gasteiger partial charge is 0.481 e. The lowest BCUT2D eigenvalue weighted by atomic mass is 9.64. The van der Waals surface area contributed by atoms with Crippen LogP contribution in [-0.2, 0) is 10.9 Å². The minimum Gasteiger partial charge on any atom is -0.481 e. The summed E-state index contributed by atoms with van der Waals surface area (Å²) < 4.78 is 66.2. The van der Waals surface area contributed by atoms with Crippen LogP contribution in [0.3, 0.4) is 0 Å². The van der Waals surface area contributed by atoms with Crippen LogP contribution in [0.2, 0.25) is 0 Å². The number of rotatable bonds is 4. The van der Waals surface area contributed by atoms with Crippen molar-refractivity contribution in [2.45, 2.75) is 50.9 Å². The fraction of sp³-hybridized carbons (Fsp3) is 0.435. The molecule has 3 heterocycles. The molecule has 13 heteroatoms. The zero-order chi connectivity index (χ0) is 26.4. The lowest BCUT2D eigenvalue weighted by molar-refractivity contribution is -0.137. The van der Waals surface area contributed by atoms with Gasteiger partial charge in [-0.3, -0.25) is 10.8 Å². The first-order chi connectivity index (χ1) is 16.9. The standard InChI is InChI=1S/C23H24F4N6O3/c1-11-6-13-10-22(9-11,20(29)36-12(2)28)33(13)21(34)31-17-7-14(15(8-16(17)24)23(25,26)27)19-30-5-4-18(32-19)35-3/h4-5,7-8,11,13,28-29H,6,9-10H2,1-3H3,(H,31,34)/t11-,13+,22?/m0/s1. The molecule has 2 bridgehead atoms. The van der Waals surface area contributed by atoms with Gasteiger partial charge >= 0.3 is 12.2 Å². The molecule has 1 aromatic heterocycles. The molecule has 2 fully saturated rings. The third-order valence-electron chi connectivity index (χ3n) is 6.39. The zero-order valence-electron chi connectivity index (χ0n) is 19.7. The van der Waals surface area contributed by atoms with Crippen LogP contribution < -0.4 is 10.1 Å². The predicted molar refractivity (Wildman–Crippen MR) is 122 cm³/mol. The van der Waals surface area contributed by atoms with Gasteiger partial charge in [0.2, 0.25) is 11.8 Å². The fourth-order valence-electron chi connectivity index (χ4n) is 5.06. The van der Waals surface area contributed by atoms with E-state index in [4.69, 9.17) is 20.3 Å². The molecular weight excluding hydrogens is 484 g/mol. The summed E-state index contributed by atoms with van der Waals surface area (Å²) in [7, 11) is 1.29. The monoisotopic (exact) mass is 508 g/mol. The van der Waals surface area contributed by atoms with Crippen molar-refractivity contribution in [1.82, 2.24) is 14.9 Å². The highest BCUT2D eigenvalue weighted by molar-refractivity contribution is 6.00. The SMILES string of the molecule is COc1ccnc(-c2cc(NC(=O)N3[C@@H]4C[C@H](C)CC3(C(=N)OC(C)=N)C4)c(F)cc2C(F)(F)F)n1. The molecule has 3 N–H and O–H groups in total. The number of ether oxygens (including phenoxy) is 2. The van der Waals surface area contributed by atoms with Crippen molar-refractivity contribution in [1.29, 1.82) is 10.8 Å². The van der Waals surface area contributed by atoms with Gasteiger partial charge < -0.3 is 19.7 Å². The molecule has 1 unspecified atom stereocenters. The number of halogens is 4. The van der Waals surface area contributed by atoms with Crippen molar-refractivity contribution in [3.63, 3.8) is 0 Å². The summed E-state index contributed by atoms with van der Waals surface area (Å²) in [5.41, 5.74) is -3.47. The van der Waals surface area contributed by atoms with Crippen molar-refractivity contribution in [3.05, 3.63) is 35.8 Å². The Morgan fingerprint density at radius 2 is 2.00 bits per heavy atom. The minimum absolute atomic E-state index is 0.00695. The third-order valence-corrected chi connectivity index (χ3v) is 6.39. The molecule has 4 rings (SSSR count). The molecule has 9 nitrogen and oxygen atoms in total. The van der Waals surface area contributed by atoms with E-state index in [1.54, 1.807) is 0 Å². The normalized spacial score (nSPS) is 22.9. The lowest BCUT2D eigenvalue weighted by Gasteiger charge is -2.62. The van der Waals surface area contributed by atoms with Gasteiger partial charge in [0, 0.05) is 37.2 Å². The average molecular weight is 508 g/mol. The summed E-state index contributed by atoms with van der Waals surface area (Å²) >= 11 is 0. The van der Waals surface area contributed by atoms with Crippen LogP contribution in [0.15, 0.2) is 24.4 Å². The minimum atomic E-state index is -4.92. The van der Waals surface area contributed by atoms with Gasteiger partial charge in [0.05, 0.1) is 18.4 Å². The van der Waals surface area contributed by atoms with Gasteiger partial charge in [-0.15, -0.1) is 0 Å². The van der Waals surface area contributed by atoms with Gasteiger partial charge in [0.15, 0.2) is 11.7 Å². The van der Waals surface area contributed by atoms with Crippen LogP contribution in [0.4, 0.5) is 28.0 Å². The Morgan fingerprint density at radius 1 is 1.28 bits per heavy atom. The smallest absolute Gasteiger partial charge is 0.417 e. The summed E-state index contributed by atoms with van der Waals surface area (Å²) in [6, 6.07) is 1.41. The van der Waals surface area contributed by atoms with Crippen LogP contribution >= 0.6 is 0 Å². The average Bonchev–Trinajstić information content (AvgIpc) is 2.78. The molecule has 2 aromatic rings. The Balaban J connectivity index is 1.70. The third kappa shape index (κ3) is 4.44. The highest BCUT2D eigenvalue weighted by atomic mass is 19.4. The van der Waals surface area contributed by atoms with Gasteiger partial charge in [-0.25, -0.2) is 14.2 Å². The second-order valence-electron chi connectivity index (χ2n) is 9.02. The topological polar surface area (TPSA) is 124 Å². The lowest BCUT2D eigenvalue weighted by Crippen LogP contribution is -2.75. The molecule has 2 saturated heterocycles. The molecule has 36 heavy (non-hydrogen) atoms. The fourth-order valence-corrected chi connectivity index (χ4v) is 5.06. The molecule has 2 aliphatic heterocycles. The number of fused-ring (bicyclic) bond motifs is 2. The van der Waals surface area contributed by atoms with E-state index in [1.165, 1.54) is 31.2 Å². The van der Waals surface area contributed by atoms with Gasteiger partial charge in [-0.1, -0.05) is 6.92 Å². The first-order valence-electron chi connectivity index (χ1n) is 11.1. The Bertz CT molecular complexity index is 1240. The summed E-state index contributed by atoms with van der Waals surface area (Å²) in [5, 5.41) is 18.3. The number of nitrogens with zero attached hydrogens (tertiary/aromatic N) is 3. The number of hydrogen-bond acceptors (Lipinski definition) is 7. The summed E-state index contributed by atoms with van der Waals surface area (Å²) in [5.74, 6) is -1.97. The number of carbonyl (C=O) groups is 1. The number of hydrogen-bond donors (Lipinski definition) is 3. The van der Waals surface area contributed by atoms with E-state index in [1.807, 2.05) is 6.92 Å². The van der Waals surface area contributed by atoms with E-state index >= 15 is 0 Å². The number of benzene rings is 1. The predicted octanol–water partition coefficient (Wildman–Crippen LogP) is 5.08. The number of urea groups is 1. The highest BCUT2D eigenvalue weighted by Gasteiger charge is 2.62. The number of aromatic nitrogens is 2. The first kappa shape index (κ1) is 25.3. The second kappa shape index (κ2) is 9.03. The Morgan fingerprint density at radius 3 is 2.64 bits per heavy atom. The number of anilines is 1. The molecule has 3 atom stereocenters. The quantitative estimate of drug-likeness (QED) is 0.302. The molecule has 2 aliphatic rings. The van der Waals surface area contributed by atoms with E-state index in [0.717, 1.165) is 6.07 Å². The van der Waals surface area contributed by atoms with Crippen molar-refractivity contribution in [3.8, 4) is 17.3 Å². The van der Waals surface area contributed by atoms with Crippen LogP contribution in [0.25, 0.3) is 11.4 Å². The first-order valence-corrected chi connectivity index (χ1v) is 11.1. The molecule has 0 saturated carbocycles. The second-order valence-corrected chi connectivity index (χ2v) is 9.02. The van der Waals surface area contributed by atoms with Crippen molar-refractivity contribution in [2.75, 3.05) is 12.4 Å². The number of piperidine rings is 1. The van der Waals surface area contributed by atoms with E-state index in [9.17, 15) is 22.4 Å². The van der Waals surface area contributed by atoms with Gasteiger partial charge in [0.25, 0.3) is 0 Å². The molecule has 0 spiro atoms. The molecular formula is C23H24F4N6O3. The van der Waals surface area contributed by atoms with Gasteiger partial charge in [-0.2, -0.15) is 18.2 Å². The number of alkyl halides is 3. The molecule has 1 aromatic carbocycles. The molecule has 0 radical (unpaired) electrons. The van der Waals surface area contributed by atoms with Crippen LogP contribution in [0, 0.1) is 22.6 Å². The van der Waals surface area contributed by atoms with E-state index < -0.39 is 40.4 Å². The molecule has 2 amide bonds. The maximum absolute atomic E-state index is 14.9. The maximum Gasteiger partial charge on any atom is 0.417 e. The number of amides is 2. The Kier molecular flexibility index (Phi) is 6.35. The number of methoxy groups -OCH3 is 1. The van der Waals surface area contributed by atoms with E-state index in [2.05, 4.69) is 15.3 Å². The van der Waals surface area contributed by atoms with E-state index in [0.29, 0.717) is 19.3 Å². The van der Waals surface area contributed by atoms with Crippen molar-refractivity contribution < 1.29 is 31.8 Å². The van der Waals surface area contributed by atoms with Gasteiger partial charge in [0.1, 0.15) is 11.4 Å². The number of nitrogens with one attached hydrogen (secondary N) is 3. The van der Waals surface area contributed by atoms with Crippen LogP contribution in [-0.4, -0.2) is 51.4 Å². The Labute approximate surface area is 203 Å². The maximum atomic E-state index is 14.9. The van der Waals surface area contributed by atoms with Crippen LogP contribution in [0.5, 0.6) is 5.88 Å². The van der Waals surface area contributed by atoms with Gasteiger partial charge in [-0.05, 0) is 30.9 Å². The van der Waals surface area contributed by atoms with E-state index in [-0.39, 0.29) is 41.5 Å². The highest BCUT2D eigenvalue weighted by Crippen LogP contribution is 2.51. The zero-order valence-corrected chi connectivity index (χ0v) is 19.7. The van der Waals surface area contributed by atoms with Crippen molar-refractivity contribution >= 4 is 23.5 Å². The number of carbonyl (C=O) groups excluding carboxylic acids is 1. The van der Waals surface area contributed by atoms with Crippen molar-refractivity contribution in [2.24, 2.45) is 5.92 Å². The summed E-state index contributed by atoms with van der Waals surface area (Å²) in [4.78, 5) is 22.4. The summed E-state index contributed by atoms with van der Waals surface area (Å²) in [6.45, 7) is 3.33. The molecule has 0 aliphatic carbocycles. The molecule has 192 valence electrons.